The minimum absolute atomic E-state index is 0.108. The van der Waals surface area contributed by atoms with Crippen molar-refractivity contribution in [3.63, 3.8) is 0 Å². The summed E-state index contributed by atoms with van der Waals surface area (Å²) in [6, 6.07) is 27.1. The Morgan fingerprint density at radius 1 is 0.889 bits per heavy atom. The number of aryl methyl sites for hydroxylation is 1. The van der Waals surface area contributed by atoms with Crippen LogP contribution in [0.15, 0.2) is 96.4 Å². The second-order valence-corrected chi connectivity index (χ2v) is 9.68. The number of amides is 2. The Kier molecular flexibility index (Phi) is 8.08. The molecule has 4 rings (SSSR count). The maximum Gasteiger partial charge on any atom is 0.248 e. The number of carbonyl (C=O) groups excluding carboxylic acids is 3. The number of nitrogens with one attached hydrogen (secondary N) is 1. The highest BCUT2D eigenvalue weighted by Crippen LogP contribution is 2.30. The van der Waals surface area contributed by atoms with Crippen molar-refractivity contribution in [2.45, 2.75) is 32.9 Å². The Morgan fingerprint density at radius 3 is 2.31 bits per heavy atom. The summed E-state index contributed by atoms with van der Waals surface area (Å²) in [6.07, 6.45) is 0.149. The lowest BCUT2D eigenvalue weighted by Gasteiger charge is -2.32. The summed E-state index contributed by atoms with van der Waals surface area (Å²) in [5, 5.41) is 4.94. The molecule has 2 amide bonds. The number of hydrogen-bond donors (Lipinski definition) is 1. The average molecular weight is 497 g/mol. The van der Waals surface area contributed by atoms with Crippen molar-refractivity contribution in [1.82, 2.24) is 5.32 Å². The van der Waals surface area contributed by atoms with Crippen molar-refractivity contribution in [3.8, 4) is 0 Å². The fourth-order valence-electron chi connectivity index (χ4n) is 4.01. The first-order chi connectivity index (χ1) is 17.4. The van der Waals surface area contributed by atoms with Gasteiger partial charge in [-0.1, -0.05) is 78.4 Å². The van der Waals surface area contributed by atoms with Crippen LogP contribution in [0.25, 0.3) is 0 Å². The molecule has 0 radical (unpaired) electrons. The molecule has 0 fully saturated rings. The maximum atomic E-state index is 13.8. The Hall–Kier alpha value is -4.03. The number of carbonyl (C=O) groups is 3. The van der Waals surface area contributed by atoms with Crippen LogP contribution in [0, 0.1) is 6.92 Å². The molecule has 0 aliphatic carbocycles. The summed E-state index contributed by atoms with van der Waals surface area (Å²) < 4.78 is 0. The largest absolute Gasteiger partial charge is 0.350 e. The summed E-state index contributed by atoms with van der Waals surface area (Å²) in [6.45, 7) is 3.80. The molecule has 6 heteroatoms. The van der Waals surface area contributed by atoms with Gasteiger partial charge in [0.25, 0.3) is 0 Å². The van der Waals surface area contributed by atoms with Crippen molar-refractivity contribution >= 4 is 34.6 Å². The molecule has 0 unspecified atom stereocenters. The minimum atomic E-state index is -0.913. The summed E-state index contributed by atoms with van der Waals surface area (Å²) in [4.78, 5) is 42.2. The monoisotopic (exact) mass is 496 g/mol. The molecular weight excluding hydrogens is 468 g/mol. The van der Waals surface area contributed by atoms with Gasteiger partial charge in [0, 0.05) is 22.7 Å². The first-order valence-corrected chi connectivity index (χ1v) is 12.6. The van der Waals surface area contributed by atoms with Crippen LogP contribution in [0.2, 0.25) is 0 Å². The normalized spacial score (nSPS) is 11.5. The first kappa shape index (κ1) is 25.1. The van der Waals surface area contributed by atoms with Crippen molar-refractivity contribution in [1.29, 1.82) is 0 Å². The first-order valence-electron chi connectivity index (χ1n) is 11.8. The number of benzene rings is 3. The van der Waals surface area contributed by atoms with Crippen LogP contribution in [0.1, 0.15) is 44.9 Å². The highest BCUT2D eigenvalue weighted by atomic mass is 32.1. The molecule has 0 saturated heterocycles. The zero-order valence-corrected chi connectivity index (χ0v) is 21.1. The Labute approximate surface area is 215 Å². The highest BCUT2D eigenvalue weighted by Gasteiger charge is 2.33. The Morgan fingerprint density at radius 2 is 1.64 bits per heavy atom. The topological polar surface area (TPSA) is 66.5 Å². The van der Waals surface area contributed by atoms with Crippen LogP contribution < -0.4 is 10.2 Å². The van der Waals surface area contributed by atoms with E-state index in [1.165, 1.54) is 23.2 Å². The van der Waals surface area contributed by atoms with Gasteiger partial charge in [0.15, 0.2) is 5.78 Å². The molecule has 5 nitrogen and oxygen atoms in total. The smallest absolute Gasteiger partial charge is 0.248 e. The standard InChI is InChI=1S/C30H28N2O3S/c1-21-13-15-24(16-14-21)29(30(35)31-20-23-8-4-3-5-9-23)32(28(34)19-27-12-7-17-36-27)26-11-6-10-25(18-26)22(2)33/h3-18,29H,19-20H2,1-2H3,(H,31,35)/t29-/m1/s1. The van der Waals surface area contributed by atoms with E-state index >= 15 is 0 Å². The van der Waals surface area contributed by atoms with Gasteiger partial charge in [0.2, 0.25) is 11.8 Å². The third-order valence-corrected chi connectivity index (χ3v) is 6.79. The van der Waals surface area contributed by atoms with Gasteiger partial charge in [-0.3, -0.25) is 19.3 Å². The van der Waals surface area contributed by atoms with E-state index in [9.17, 15) is 14.4 Å². The van der Waals surface area contributed by atoms with E-state index in [4.69, 9.17) is 0 Å². The predicted octanol–water partition coefficient (Wildman–Crippen LogP) is 5.89. The van der Waals surface area contributed by atoms with E-state index in [0.717, 1.165) is 16.0 Å². The summed E-state index contributed by atoms with van der Waals surface area (Å²) in [7, 11) is 0. The quantitative estimate of drug-likeness (QED) is 0.294. The molecule has 1 N–H and O–H groups in total. The highest BCUT2D eigenvalue weighted by molar-refractivity contribution is 7.10. The summed E-state index contributed by atoms with van der Waals surface area (Å²) in [5.74, 6) is -0.628. The van der Waals surface area contributed by atoms with Gasteiger partial charge in [0.05, 0.1) is 6.42 Å². The molecule has 0 saturated carbocycles. The molecule has 1 atom stereocenters. The fourth-order valence-corrected chi connectivity index (χ4v) is 4.70. The van der Waals surface area contributed by atoms with Crippen LogP contribution in [-0.4, -0.2) is 17.6 Å². The number of Topliss-reactive ketones (excluding diaryl/α,β-unsaturated/α-hetero) is 1. The predicted molar refractivity (Wildman–Crippen MR) is 144 cm³/mol. The molecule has 36 heavy (non-hydrogen) atoms. The van der Waals surface area contributed by atoms with E-state index in [-0.39, 0.29) is 24.0 Å². The van der Waals surface area contributed by atoms with Crippen molar-refractivity contribution in [3.05, 3.63) is 124 Å². The molecule has 0 spiro atoms. The molecule has 1 aromatic heterocycles. The average Bonchev–Trinajstić information content (AvgIpc) is 3.40. The summed E-state index contributed by atoms with van der Waals surface area (Å²) in [5.41, 5.74) is 3.69. The fraction of sp³-hybridized carbons (Fsp3) is 0.167. The number of hydrogen-bond acceptors (Lipinski definition) is 4. The van der Waals surface area contributed by atoms with Crippen molar-refractivity contribution in [2.24, 2.45) is 0 Å². The van der Waals surface area contributed by atoms with Gasteiger partial charge in [-0.25, -0.2) is 0 Å². The van der Waals surface area contributed by atoms with Crippen LogP contribution in [0.5, 0.6) is 0 Å². The van der Waals surface area contributed by atoms with E-state index < -0.39 is 6.04 Å². The number of nitrogens with zero attached hydrogens (tertiary/aromatic N) is 1. The Balaban J connectivity index is 1.77. The van der Waals surface area contributed by atoms with Gasteiger partial charge < -0.3 is 5.32 Å². The SMILES string of the molecule is CC(=O)c1cccc(N(C(=O)Cc2cccs2)[C@@H](C(=O)NCc2ccccc2)c2ccc(C)cc2)c1. The molecular formula is C30H28N2O3S. The zero-order valence-electron chi connectivity index (χ0n) is 20.3. The maximum absolute atomic E-state index is 13.8. The van der Waals surface area contributed by atoms with Crippen LogP contribution in [0.3, 0.4) is 0 Å². The second-order valence-electron chi connectivity index (χ2n) is 8.64. The van der Waals surface area contributed by atoms with Gasteiger partial charge >= 0.3 is 0 Å². The van der Waals surface area contributed by atoms with Gasteiger partial charge in [0.1, 0.15) is 6.04 Å². The van der Waals surface area contributed by atoms with E-state index in [1.54, 1.807) is 24.3 Å². The molecule has 0 aliphatic rings. The number of anilines is 1. The molecule has 1 heterocycles. The van der Waals surface area contributed by atoms with Gasteiger partial charge in [-0.05, 0) is 48.6 Å². The third-order valence-electron chi connectivity index (χ3n) is 5.91. The lowest BCUT2D eigenvalue weighted by molar-refractivity contribution is -0.126. The number of rotatable bonds is 9. The third kappa shape index (κ3) is 6.15. The molecule has 0 aliphatic heterocycles. The van der Waals surface area contributed by atoms with Crippen molar-refractivity contribution in [2.75, 3.05) is 4.90 Å². The lowest BCUT2D eigenvalue weighted by Crippen LogP contribution is -2.44. The van der Waals surface area contributed by atoms with Gasteiger partial charge in [-0.15, -0.1) is 11.3 Å². The van der Waals surface area contributed by atoms with Gasteiger partial charge in [-0.2, -0.15) is 0 Å². The van der Waals surface area contributed by atoms with Crippen LogP contribution in [-0.2, 0) is 22.6 Å². The van der Waals surface area contributed by atoms with Crippen LogP contribution >= 0.6 is 11.3 Å². The number of thiophene rings is 1. The molecule has 4 aromatic rings. The second kappa shape index (κ2) is 11.6. The number of ketones is 1. The zero-order chi connectivity index (χ0) is 25.5. The molecule has 182 valence electrons. The van der Waals surface area contributed by atoms with E-state index in [0.29, 0.717) is 23.4 Å². The van der Waals surface area contributed by atoms with E-state index in [2.05, 4.69) is 5.32 Å². The molecule has 0 bridgehead atoms. The lowest BCUT2D eigenvalue weighted by atomic mass is 10.00. The van der Waals surface area contributed by atoms with Crippen LogP contribution in [0.4, 0.5) is 5.69 Å². The Bertz CT molecular complexity index is 1330. The van der Waals surface area contributed by atoms with Crippen molar-refractivity contribution < 1.29 is 14.4 Å². The van der Waals surface area contributed by atoms with E-state index in [1.807, 2.05) is 79.0 Å². The summed E-state index contributed by atoms with van der Waals surface area (Å²) >= 11 is 1.50. The molecule has 3 aromatic carbocycles. The minimum Gasteiger partial charge on any atom is -0.350 e.